The highest BCUT2D eigenvalue weighted by Gasteiger charge is 2.49. The molecule has 0 radical (unpaired) electrons. The number of Topliss-reactive ketones (excluding diaryl/α,β-unsaturated/α-hetero) is 1. The summed E-state index contributed by atoms with van der Waals surface area (Å²) in [6.07, 6.45) is 4.19. The molecular weight excluding hydrogens is 386 g/mol. The Kier molecular flexibility index (Phi) is 6.34. The third kappa shape index (κ3) is 4.27. The predicted molar refractivity (Wildman–Crippen MR) is 112 cm³/mol. The second-order valence-electron chi connectivity index (χ2n) is 8.37. The molecule has 4 nitrogen and oxygen atoms in total. The summed E-state index contributed by atoms with van der Waals surface area (Å²) in [7, 11) is 0. The van der Waals surface area contributed by atoms with Crippen LogP contribution < -0.4 is 4.90 Å². The van der Waals surface area contributed by atoms with Crippen molar-refractivity contribution in [1.82, 2.24) is 4.98 Å². The van der Waals surface area contributed by atoms with Crippen molar-refractivity contribution in [2.75, 3.05) is 11.4 Å². The summed E-state index contributed by atoms with van der Waals surface area (Å²) >= 11 is 0. The number of halogens is 2. The maximum atomic E-state index is 13.6. The van der Waals surface area contributed by atoms with Gasteiger partial charge in [-0.3, -0.25) is 14.6 Å². The second kappa shape index (κ2) is 8.62. The number of aromatic nitrogens is 1. The van der Waals surface area contributed by atoms with Crippen LogP contribution in [0.5, 0.6) is 0 Å². The van der Waals surface area contributed by atoms with Crippen LogP contribution in [-0.2, 0) is 4.79 Å². The lowest BCUT2D eigenvalue weighted by molar-refractivity contribution is -0.128. The van der Waals surface area contributed by atoms with E-state index in [4.69, 9.17) is 0 Å². The van der Waals surface area contributed by atoms with Crippen LogP contribution in [0, 0.1) is 29.9 Å². The number of ketones is 1. The van der Waals surface area contributed by atoms with Crippen molar-refractivity contribution >= 4 is 17.4 Å². The molecule has 2 heterocycles. The number of aryl methyl sites for hydroxylation is 1. The van der Waals surface area contributed by atoms with Crippen LogP contribution in [0.3, 0.4) is 0 Å². The maximum absolute atomic E-state index is 13.6. The molecule has 6 heteroatoms. The molecule has 1 aromatic carbocycles. The molecule has 4 rings (SSSR count). The number of carbonyl (C=O) groups excluding carboxylic acids is 2. The minimum absolute atomic E-state index is 0. The molecule has 30 heavy (non-hydrogen) atoms. The van der Waals surface area contributed by atoms with Gasteiger partial charge in [0.2, 0.25) is 5.91 Å². The number of carbonyl (C=O) groups is 2. The number of anilines is 1. The Morgan fingerprint density at radius 3 is 2.63 bits per heavy atom. The van der Waals surface area contributed by atoms with Crippen LogP contribution in [-0.4, -0.2) is 23.2 Å². The normalized spacial score (nSPS) is 23.5. The van der Waals surface area contributed by atoms with Crippen molar-refractivity contribution in [2.24, 2.45) is 11.3 Å². The Hall–Kier alpha value is -2.63. The fourth-order valence-electron chi connectivity index (χ4n) is 4.91. The molecule has 1 aromatic heterocycles. The molecule has 0 N–H and O–H groups in total. The highest BCUT2D eigenvalue weighted by molar-refractivity contribution is 6.00. The maximum Gasteiger partial charge on any atom is 0.233 e. The lowest BCUT2D eigenvalue weighted by Gasteiger charge is -2.36. The summed E-state index contributed by atoms with van der Waals surface area (Å²) in [5.41, 5.74) is 1.01. The van der Waals surface area contributed by atoms with Crippen LogP contribution >= 0.6 is 0 Å². The fourth-order valence-corrected chi connectivity index (χ4v) is 4.91. The van der Waals surface area contributed by atoms with E-state index in [-0.39, 0.29) is 30.7 Å². The smallest absolute Gasteiger partial charge is 0.233 e. The third-order valence-corrected chi connectivity index (χ3v) is 6.27. The molecule has 2 aliphatic rings. The van der Waals surface area contributed by atoms with Crippen molar-refractivity contribution in [1.29, 1.82) is 0 Å². The molecule has 2 aromatic rings. The largest absolute Gasteiger partial charge is 0.312 e. The molecule has 1 aliphatic carbocycles. The van der Waals surface area contributed by atoms with E-state index in [0.717, 1.165) is 31.0 Å². The lowest BCUT2D eigenvalue weighted by atomic mass is 9.67. The van der Waals surface area contributed by atoms with E-state index in [1.807, 2.05) is 19.1 Å². The van der Waals surface area contributed by atoms with Crippen molar-refractivity contribution in [3.05, 3.63) is 59.4 Å². The van der Waals surface area contributed by atoms with E-state index < -0.39 is 17.0 Å². The Morgan fingerprint density at radius 1 is 1.20 bits per heavy atom. The van der Waals surface area contributed by atoms with Gasteiger partial charge in [0, 0.05) is 30.4 Å². The zero-order chi connectivity index (χ0) is 20.6. The zero-order valence-corrected chi connectivity index (χ0v) is 16.5. The number of benzene rings is 1. The average Bonchev–Trinajstić information content (AvgIpc) is 2.97. The van der Waals surface area contributed by atoms with Gasteiger partial charge in [0.1, 0.15) is 17.3 Å². The van der Waals surface area contributed by atoms with Gasteiger partial charge < -0.3 is 4.90 Å². The average molecular weight is 414 g/mol. The molecule has 1 aliphatic heterocycles. The topological polar surface area (TPSA) is 50.3 Å². The van der Waals surface area contributed by atoms with Gasteiger partial charge in [-0.15, -0.1) is 0 Å². The Morgan fingerprint density at radius 2 is 1.93 bits per heavy atom. The Labute approximate surface area is 176 Å². The Bertz CT molecular complexity index is 942. The molecule has 1 saturated carbocycles. The quantitative estimate of drug-likeness (QED) is 0.622. The van der Waals surface area contributed by atoms with Crippen LogP contribution in [0.25, 0.3) is 0 Å². The van der Waals surface area contributed by atoms with Gasteiger partial charge >= 0.3 is 0 Å². The van der Waals surface area contributed by atoms with Gasteiger partial charge in [-0.2, -0.15) is 0 Å². The van der Waals surface area contributed by atoms with Gasteiger partial charge in [0.05, 0.1) is 5.41 Å². The van der Waals surface area contributed by atoms with Crippen LogP contribution in [0.1, 0.15) is 62.1 Å². The van der Waals surface area contributed by atoms with Crippen molar-refractivity contribution < 1.29 is 18.4 Å². The van der Waals surface area contributed by atoms with Crippen molar-refractivity contribution in [2.45, 2.75) is 52.9 Å². The monoisotopic (exact) mass is 414 g/mol. The first-order valence-electron chi connectivity index (χ1n) is 10.1. The van der Waals surface area contributed by atoms with Gasteiger partial charge in [-0.05, 0) is 62.8 Å². The Balaban J connectivity index is 0.00000256. The molecule has 2 atom stereocenters. The first-order chi connectivity index (χ1) is 13.9. The molecule has 1 amide bonds. The number of nitrogens with zero attached hydrogens (tertiary/aromatic N) is 2. The first-order valence-corrected chi connectivity index (χ1v) is 10.1. The van der Waals surface area contributed by atoms with Crippen LogP contribution in [0.2, 0.25) is 0 Å². The third-order valence-electron chi connectivity index (χ3n) is 6.27. The summed E-state index contributed by atoms with van der Waals surface area (Å²) in [6, 6.07) is 8.62. The number of rotatable bonds is 4. The van der Waals surface area contributed by atoms with Crippen molar-refractivity contribution in [3.8, 4) is 0 Å². The lowest BCUT2D eigenvalue weighted by Crippen LogP contribution is -2.38. The minimum atomic E-state index is -0.688. The van der Waals surface area contributed by atoms with E-state index in [2.05, 4.69) is 4.98 Å². The standard InChI is InChI=1S/C23H24F2N2O2.CH4/c1-15-4-2-6-20(26-15)21(28)10-16-5-3-7-23(14-16)8-9-27(22(23)29)19-12-17(24)11-18(25)13-19;/h2,4,6,11-13,16H,3,5,7-10,14H2,1H3;1H4/t16-,23+;/m1./s1. The van der Waals surface area contributed by atoms with Crippen molar-refractivity contribution in [3.63, 3.8) is 0 Å². The van der Waals surface area contributed by atoms with Gasteiger partial charge in [0.25, 0.3) is 0 Å². The summed E-state index contributed by atoms with van der Waals surface area (Å²) in [5, 5.41) is 0. The fraction of sp³-hybridized carbons (Fsp3) is 0.458. The van der Waals surface area contributed by atoms with Gasteiger partial charge in [-0.25, -0.2) is 8.78 Å². The number of pyridine rings is 1. The molecule has 0 unspecified atom stereocenters. The summed E-state index contributed by atoms with van der Waals surface area (Å²) in [4.78, 5) is 31.7. The predicted octanol–water partition coefficient (Wildman–Crippen LogP) is 5.49. The SMILES string of the molecule is C.Cc1cccc(C(=O)C[C@H]2CCC[C@]3(CCN(c4cc(F)cc(F)c4)C3=O)C2)n1. The van der Waals surface area contributed by atoms with Gasteiger partial charge in [-0.1, -0.05) is 19.9 Å². The van der Waals surface area contributed by atoms with E-state index in [0.29, 0.717) is 31.5 Å². The van der Waals surface area contributed by atoms with Crippen LogP contribution in [0.15, 0.2) is 36.4 Å². The highest BCUT2D eigenvalue weighted by atomic mass is 19.1. The number of amides is 1. The van der Waals surface area contributed by atoms with E-state index in [9.17, 15) is 18.4 Å². The van der Waals surface area contributed by atoms with Gasteiger partial charge in [0.15, 0.2) is 5.78 Å². The van der Waals surface area contributed by atoms with E-state index in [1.54, 1.807) is 6.07 Å². The van der Waals surface area contributed by atoms with Crippen LogP contribution in [0.4, 0.5) is 14.5 Å². The summed E-state index contributed by atoms with van der Waals surface area (Å²) < 4.78 is 27.2. The molecular formula is C24H28F2N2O2. The highest BCUT2D eigenvalue weighted by Crippen LogP contribution is 2.48. The number of hydrogen-bond acceptors (Lipinski definition) is 3. The molecule has 160 valence electrons. The van der Waals surface area contributed by atoms with E-state index in [1.165, 1.54) is 17.0 Å². The van der Waals surface area contributed by atoms with E-state index >= 15 is 0 Å². The number of hydrogen-bond donors (Lipinski definition) is 0. The summed E-state index contributed by atoms with van der Waals surface area (Å²) in [5.74, 6) is -1.33. The first kappa shape index (κ1) is 22.1. The zero-order valence-electron chi connectivity index (χ0n) is 16.5. The molecule has 2 fully saturated rings. The molecule has 1 saturated heterocycles. The minimum Gasteiger partial charge on any atom is -0.312 e. The summed E-state index contributed by atoms with van der Waals surface area (Å²) in [6.45, 7) is 2.30. The second-order valence-corrected chi connectivity index (χ2v) is 8.37. The molecule has 1 spiro atoms. The molecule has 0 bridgehead atoms.